The molecule has 0 aromatic carbocycles. The summed E-state index contributed by atoms with van der Waals surface area (Å²) in [5.74, 6) is 0.767. The van der Waals surface area contributed by atoms with Gasteiger partial charge in [0.05, 0.1) is 0 Å². The molecule has 1 aliphatic carbocycles. The van der Waals surface area contributed by atoms with Crippen molar-refractivity contribution in [3.63, 3.8) is 0 Å². The van der Waals surface area contributed by atoms with Crippen molar-refractivity contribution in [2.75, 3.05) is 13.1 Å². The van der Waals surface area contributed by atoms with Gasteiger partial charge in [-0.1, -0.05) is 6.07 Å². The monoisotopic (exact) mass is 346 g/mol. The van der Waals surface area contributed by atoms with E-state index in [1.807, 2.05) is 11.3 Å². The molecule has 2 aliphatic rings. The zero-order valence-corrected chi connectivity index (χ0v) is 14.8. The van der Waals surface area contributed by atoms with E-state index in [0.717, 1.165) is 45.3 Å². The largest absolute Gasteiger partial charge is 0.342 e. The summed E-state index contributed by atoms with van der Waals surface area (Å²) < 4.78 is 0. The van der Waals surface area contributed by atoms with Gasteiger partial charge in [0.15, 0.2) is 0 Å². The third-order valence-electron chi connectivity index (χ3n) is 4.76. The van der Waals surface area contributed by atoms with E-state index in [1.165, 1.54) is 15.3 Å². The average Bonchev–Trinajstić information content (AvgIpc) is 3.09. The zero-order chi connectivity index (χ0) is 15.6. The van der Waals surface area contributed by atoms with E-state index in [2.05, 4.69) is 39.2 Å². The molecule has 3 heterocycles. The second kappa shape index (κ2) is 6.75. The van der Waals surface area contributed by atoms with Gasteiger partial charge in [-0.3, -0.25) is 4.79 Å². The van der Waals surface area contributed by atoms with Gasteiger partial charge in [-0.05, 0) is 48.6 Å². The lowest BCUT2D eigenvalue weighted by Gasteiger charge is -2.32. The lowest BCUT2D eigenvalue weighted by atomic mass is 10.0. The average molecular weight is 347 g/mol. The van der Waals surface area contributed by atoms with Gasteiger partial charge in [0.1, 0.15) is 0 Å². The zero-order valence-electron chi connectivity index (χ0n) is 13.2. The summed E-state index contributed by atoms with van der Waals surface area (Å²) in [5, 5.41) is 8.05. The second-order valence-electron chi connectivity index (χ2n) is 6.53. The van der Waals surface area contributed by atoms with Crippen LogP contribution < -0.4 is 5.32 Å². The summed E-state index contributed by atoms with van der Waals surface area (Å²) >= 11 is 3.63. The fourth-order valence-electron chi connectivity index (χ4n) is 3.18. The van der Waals surface area contributed by atoms with Crippen molar-refractivity contribution in [3.8, 4) is 10.4 Å². The molecule has 0 atom stereocenters. The van der Waals surface area contributed by atoms with Gasteiger partial charge < -0.3 is 10.2 Å². The summed E-state index contributed by atoms with van der Waals surface area (Å²) in [6.07, 6.45) is 4.40. The maximum absolute atomic E-state index is 12.1. The van der Waals surface area contributed by atoms with E-state index >= 15 is 0 Å². The number of hydrogen-bond acceptors (Lipinski definition) is 4. The highest BCUT2D eigenvalue weighted by molar-refractivity contribution is 7.14. The highest BCUT2D eigenvalue weighted by Crippen LogP contribution is 2.32. The van der Waals surface area contributed by atoms with Crippen LogP contribution in [0.4, 0.5) is 0 Å². The van der Waals surface area contributed by atoms with Crippen molar-refractivity contribution in [1.29, 1.82) is 0 Å². The van der Waals surface area contributed by atoms with E-state index in [0.29, 0.717) is 17.9 Å². The van der Waals surface area contributed by atoms with Crippen molar-refractivity contribution >= 4 is 28.6 Å². The number of nitrogens with zero attached hydrogens (tertiary/aromatic N) is 1. The molecule has 0 spiro atoms. The molecule has 3 nitrogen and oxygen atoms in total. The van der Waals surface area contributed by atoms with Gasteiger partial charge in [-0.25, -0.2) is 0 Å². The Morgan fingerprint density at radius 2 is 2.04 bits per heavy atom. The molecule has 1 aliphatic heterocycles. The van der Waals surface area contributed by atoms with E-state index in [9.17, 15) is 4.79 Å². The van der Waals surface area contributed by atoms with Crippen LogP contribution in [0.25, 0.3) is 10.4 Å². The molecule has 5 heteroatoms. The van der Waals surface area contributed by atoms with E-state index in [4.69, 9.17) is 0 Å². The van der Waals surface area contributed by atoms with Crippen molar-refractivity contribution < 1.29 is 4.79 Å². The normalized spacial score (nSPS) is 19.2. The molecule has 2 aromatic heterocycles. The van der Waals surface area contributed by atoms with E-state index < -0.39 is 0 Å². The Kier molecular flexibility index (Phi) is 4.51. The number of thiophene rings is 2. The molecule has 2 fully saturated rings. The summed E-state index contributed by atoms with van der Waals surface area (Å²) in [5.41, 5.74) is 1.34. The van der Waals surface area contributed by atoms with Crippen LogP contribution >= 0.6 is 22.7 Å². The standard InChI is InChI=1S/C18H22N2OS2/c21-18(13-3-4-13)20-7-5-15(6-8-20)19-11-16-10-14(12-23-16)17-2-1-9-22-17/h1-2,9-10,12-13,15,19H,3-8,11H2. The number of rotatable bonds is 5. The molecule has 4 rings (SSSR count). The first kappa shape index (κ1) is 15.4. The minimum Gasteiger partial charge on any atom is -0.342 e. The number of likely N-dealkylation sites (tertiary alicyclic amines) is 1. The Hall–Kier alpha value is -1.17. The number of amides is 1. The van der Waals surface area contributed by atoms with Crippen LogP contribution in [-0.2, 0) is 11.3 Å². The Morgan fingerprint density at radius 3 is 2.74 bits per heavy atom. The van der Waals surface area contributed by atoms with Crippen molar-refractivity contribution in [3.05, 3.63) is 33.8 Å². The van der Waals surface area contributed by atoms with Crippen LogP contribution in [-0.4, -0.2) is 29.9 Å². The maximum atomic E-state index is 12.1. The van der Waals surface area contributed by atoms with Gasteiger partial charge in [-0.15, -0.1) is 22.7 Å². The van der Waals surface area contributed by atoms with Gasteiger partial charge in [0.2, 0.25) is 5.91 Å². The summed E-state index contributed by atoms with van der Waals surface area (Å²) in [4.78, 5) is 16.9. The van der Waals surface area contributed by atoms with Crippen LogP contribution in [0, 0.1) is 5.92 Å². The Balaban J connectivity index is 1.25. The lowest BCUT2D eigenvalue weighted by molar-refractivity contribution is -0.133. The molecular formula is C18H22N2OS2. The minimum absolute atomic E-state index is 0.362. The van der Waals surface area contributed by atoms with Crippen LogP contribution in [0.15, 0.2) is 29.0 Å². The summed E-state index contributed by atoms with van der Waals surface area (Å²) in [6, 6.07) is 7.13. The lowest BCUT2D eigenvalue weighted by Crippen LogP contribution is -2.45. The summed E-state index contributed by atoms with van der Waals surface area (Å²) in [7, 11) is 0. The van der Waals surface area contributed by atoms with Crippen LogP contribution in [0.1, 0.15) is 30.6 Å². The first-order valence-electron chi connectivity index (χ1n) is 8.43. The number of piperidine rings is 1. The van der Waals surface area contributed by atoms with Crippen LogP contribution in [0.3, 0.4) is 0 Å². The highest BCUT2D eigenvalue weighted by atomic mass is 32.1. The van der Waals surface area contributed by atoms with Crippen molar-refractivity contribution in [1.82, 2.24) is 10.2 Å². The first-order valence-corrected chi connectivity index (χ1v) is 10.2. The fourth-order valence-corrected chi connectivity index (χ4v) is 4.81. The SMILES string of the molecule is O=C(C1CC1)N1CCC(NCc2cc(-c3cccs3)cs2)CC1. The molecule has 23 heavy (non-hydrogen) atoms. The number of hydrogen-bond donors (Lipinski definition) is 1. The Labute approximate surface area is 145 Å². The molecule has 0 radical (unpaired) electrons. The number of carbonyl (C=O) groups excluding carboxylic acids is 1. The number of nitrogens with one attached hydrogen (secondary N) is 1. The third-order valence-corrected chi connectivity index (χ3v) is 6.61. The molecule has 0 unspecified atom stereocenters. The topological polar surface area (TPSA) is 32.3 Å². The predicted octanol–water partition coefficient (Wildman–Crippen LogP) is 3.97. The van der Waals surface area contributed by atoms with Crippen LogP contribution in [0.2, 0.25) is 0 Å². The van der Waals surface area contributed by atoms with Crippen LogP contribution in [0.5, 0.6) is 0 Å². The predicted molar refractivity (Wildman–Crippen MR) is 96.8 cm³/mol. The molecule has 1 N–H and O–H groups in total. The van der Waals surface area contributed by atoms with Crippen molar-refractivity contribution in [2.24, 2.45) is 5.92 Å². The van der Waals surface area contributed by atoms with E-state index in [1.54, 1.807) is 11.3 Å². The maximum Gasteiger partial charge on any atom is 0.225 e. The minimum atomic E-state index is 0.362. The van der Waals surface area contributed by atoms with Gasteiger partial charge in [0.25, 0.3) is 0 Å². The fraction of sp³-hybridized carbons (Fsp3) is 0.500. The molecule has 2 aromatic rings. The molecule has 1 amide bonds. The molecule has 122 valence electrons. The summed E-state index contributed by atoms with van der Waals surface area (Å²) in [6.45, 7) is 2.80. The van der Waals surface area contributed by atoms with Gasteiger partial charge in [0, 0.05) is 46.9 Å². The number of carbonyl (C=O) groups is 1. The molecule has 0 bridgehead atoms. The van der Waals surface area contributed by atoms with Gasteiger partial charge in [-0.2, -0.15) is 0 Å². The first-order chi connectivity index (χ1) is 11.3. The Morgan fingerprint density at radius 1 is 1.22 bits per heavy atom. The van der Waals surface area contributed by atoms with Gasteiger partial charge >= 0.3 is 0 Å². The van der Waals surface area contributed by atoms with E-state index in [-0.39, 0.29) is 0 Å². The second-order valence-corrected chi connectivity index (χ2v) is 8.48. The highest BCUT2D eigenvalue weighted by Gasteiger charge is 2.34. The molecule has 1 saturated heterocycles. The molecular weight excluding hydrogens is 324 g/mol. The smallest absolute Gasteiger partial charge is 0.225 e. The third kappa shape index (κ3) is 3.67. The van der Waals surface area contributed by atoms with Crippen molar-refractivity contribution in [2.45, 2.75) is 38.3 Å². The quantitative estimate of drug-likeness (QED) is 0.888. The Bertz CT molecular complexity index is 652. The molecule has 1 saturated carbocycles.